The zero-order valence-corrected chi connectivity index (χ0v) is 19.1. The minimum Gasteiger partial charge on any atom is -0.490 e. The van der Waals surface area contributed by atoms with Crippen molar-refractivity contribution in [2.45, 2.75) is 26.3 Å². The average Bonchev–Trinajstić information content (AvgIpc) is 3.18. The van der Waals surface area contributed by atoms with Crippen LogP contribution in [0.15, 0.2) is 53.4 Å². The Morgan fingerprint density at radius 1 is 1.12 bits per heavy atom. The summed E-state index contributed by atoms with van der Waals surface area (Å²) in [4.78, 5) is 20.6. The Labute approximate surface area is 192 Å². The number of benzene rings is 2. The van der Waals surface area contributed by atoms with Crippen LogP contribution < -0.4 is 14.8 Å². The van der Waals surface area contributed by atoms with Gasteiger partial charge in [0.15, 0.2) is 11.5 Å². The van der Waals surface area contributed by atoms with E-state index in [-0.39, 0.29) is 5.75 Å². The van der Waals surface area contributed by atoms with Gasteiger partial charge in [0.2, 0.25) is 0 Å². The normalized spacial score (nSPS) is 11.1. The van der Waals surface area contributed by atoms with Crippen molar-refractivity contribution in [1.82, 2.24) is 19.9 Å². The highest BCUT2D eigenvalue weighted by Crippen LogP contribution is 2.29. The number of halogens is 2. The lowest BCUT2D eigenvalue weighted by Gasteiger charge is -2.12. The molecule has 2 heterocycles. The predicted octanol–water partition coefficient (Wildman–Crippen LogP) is 5.45. The van der Waals surface area contributed by atoms with Crippen LogP contribution in [-0.2, 0) is 6.54 Å². The SMILES string of the molecule is CCNC(=O)Oc1cc(F)ccc1OCCCCn1cnc2cnc3ccc(Br)cc3c21. The number of carbonyl (C=O) groups excluding carboxylic acids is 1. The van der Waals surface area contributed by atoms with Gasteiger partial charge < -0.3 is 19.4 Å². The number of ether oxygens (including phenoxy) is 2. The summed E-state index contributed by atoms with van der Waals surface area (Å²) < 4.78 is 27.6. The number of hydrogen-bond acceptors (Lipinski definition) is 5. The Kier molecular flexibility index (Phi) is 6.84. The fourth-order valence-electron chi connectivity index (χ4n) is 3.42. The maximum Gasteiger partial charge on any atom is 0.412 e. The molecule has 0 aliphatic rings. The van der Waals surface area contributed by atoms with E-state index in [0.29, 0.717) is 18.9 Å². The van der Waals surface area contributed by atoms with Crippen molar-refractivity contribution in [2.24, 2.45) is 0 Å². The molecule has 1 N–H and O–H groups in total. The highest BCUT2D eigenvalue weighted by atomic mass is 79.9. The number of hydrogen-bond donors (Lipinski definition) is 1. The molecule has 0 atom stereocenters. The molecule has 2 aromatic heterocycles. The van der Waals surface area contributed by atoms with Gasteiger partial charge in [-0.3, -0.25) is 4.98 Å². The smallest absolute Gasteiger partial charge is 0.412 e. The van der Waals surface area contributed by atoms with Gasteiger partial charge in [0.25, 0.3) is 0 Å². The second kappa shape index (κ2) is 9.95. The molecule has 2 aromatic carbocycles. The molecule has 0 radical (unpaired) electrons. The van der Waals surface area contributed by atoms with Crippen LogP contribution in [0.4, 0.5) is 9.18 Å². The van der Waals surface area contributed by atoms with Gasteiger partial charge in [-0.15, -0.1) is 0 Å². The maximum absolute atomic E-state index is 13.6. The van der Waals surface area contributed by atoms with Crippen molar-refractivity contribution in [1.29, 1.82) is 0 Å². The summed E-state index contributed by atoms with van der Waals surface area (Å²) >= 11 is 3.53. The van der Waals surface area contributed by atoms with Crippen molar-refractivity contribution in [3.8, 4) is 11.5 Å². The lowest BCUT2D eigenvalue weighted by atomic mass is 10.2. The first kappa shape index (κ1) is 22.0. The number of aromatic nitrogens is 3. The molecule has 0 aliphatic heterocycles. The zero-order valence-electron chi connectivity index (χ0n) is 17.5. The molecule has 7 nitrogen and oxygen atoms in total. The molecule has 0 saturated heterocycles. The monoisotopic (exact) mass is 500 g/mol. The van der Waals surface area contributed by atoms with Crippen molar-refractivity contribution in [3.05, 3.63) is 59.2 Å². The second-order valence-electron chi connectivity index (χ2n) is 7.16. The number of aryl methyl sites for hydroxylation is 1. The molecule has 0 saturated carbocycles. The minimum absolute atomic E-state index is 0.0566. The van der Waals surface area contributed by atoms with E-state index in [4.69, 9.17) is 9.47 Å². The molecular formula is C23H22BrFN4O3. The van der Waals surface area contributed by atoms with Crippen LogP contribution in [-0.4, -0.2) is 33.8 Å². The third kappa shape index (κ3) is 4.99. The van der Waals surface area contributed by atoms with Crippen LogP contribution in [0.1, 0.15) is 19.8 Å². The van der Waals surface area contributed by atoms with Crippen LogP contribution in [0.3, 0.4) is 0 Å². The summed E-state index contributed by atoms with van der Waals surface area (Å²) in [5, 5.41) is 3.55. The van der Waals surface area contributed by atoms with Crippen molar-refractivity contribution in [2.75, 3.05) is 13.2 Å². The molecule has 0 aliphatic carbocycles. The van der Waals surface area contributed by atoms with Crippen molar-refractivity contribution in [3.63, 3.8) is 0 Å². The highest BCUT2D eigenvalue weighted by Gasteiger charge is 2.12. The summed E-state index contributed by atoms with van der Waals surface area (Å²) in [6.07, 6.45) is 4.56. The Morgan fingerprint density at radius 3 is 2.84 bits per heavy atom. The first-order chi connectivity index (χ1) is 15.5. The molecule has 0 unspecified atom stereocenters. The lowest BCUT2D eigenvalue weighted by Crippen LogP contribution is -2.26. The molecule has 0 fully saturated rings. The van der Waals surface area contributed by atoms with Crippen LogP contribution >= 0.6 is 15.9 Å². The van der Waals surface area contributed by atoms with Crippen LogP contribution in [0, 0.1) is 5.82 Å². The maximum atomic E-state index is 13.6. The first-order valence-electron chi connectivity index (χ1n) is 10.3. The van der Waals surface area contributed by atoms with Gasteiger partial charge in [0.1, 0.15) is 11.3 Å². The van der Waals surface area contributed by atoms with E-state index in [1.807, 2.05) is 18.5 Å². The topological polar surface area (TPSA) is 78.3 Å². The molecule has 1 amide bonds. The molecule has 9 heteroatoms. The van der Waals surface area contributed by atoms with Gasteiger partial charge >= 0.3 is 6.09 Å². The Balaban J connectivity index is 1.38. The molecule has 32 heavy (non-hydrogen) atoms. The number of nitrogens with zero attached hydrogens (tertiary/aromatic N) is 3. The number of carbonyl (C=O) groups is 1. The fourth-order valence-corrected chi connectivity index (χ4v) is 3.78. The lowest BCUT2D eigenvalue weighted by molar-refractivity contribution is 0.197. The number of nitrogens with one attached hydrogen (secondary N) is 1. The van der Waals surface area contributed by atoms with E-state index in [2.05, 4.69) is 41.8 Å². The largest absolute Gasteiger partial charge is 0.490 e. The minimum atomic E-state index is -0.650. The summed E-state index contributed by atoms with van der Waals surface area (Å²) in [6, 6.07) is 9.88. The Morgan fingerprint density at radius 2 is 2.00 bits per heavy atom. The van der Waals surface area contributed by atoms with Gasteiger partial charge in [0.05, 0.1) is 30.2 Å². The summed E-state index contributed by atoms with van der Waals surface area (Å²) in [7, 11) is 0. The fraction of sp³-hybridized carbons (Fsp3) is 0.261. The molecular weight excluding hydrogens is 479 g/mol. The summed E-state index contributed by atoms with van der Waals surface area (Å²) in [6.45, 7) is 3.34. The van der Waals surface area contributed by atoms with E-state index in [1.165, 1.54) is 12.1 Å². The molecule has 0 bridgehead atoms. The average molecular weight is 501 g/mol. The summed E-state index contributed by atoms with van der Waals surface area (Å²) in [5.74, 6) is -0.120. The van der Waals surface area contributed by atoms with Crippen molar-refractivity contribution < 1.29 is 18.7 Å². The van der Waals surface area contributed by atoms with E-state index in [9.17, 15) is 9.18 Å². The van der Waals surface area contributed by atoms with Crippen LogP contribution in [0.5, 0.6) is 11.5 Å². The Bertz CT molecular complexity index is 1260. The number of fused-ring (bicyclic) bond motifs is 3. The van der Waals surface area contributed by atoms with E-state index >= 15 is 0 Å². The van der Waals surface area contributed by atoms with Gasteiger partial charge in [-0.1, -0.05) is 15.9 Å². The van der Waals surface area contributed by atoms with E-state index in [0.717, 1.165) is 51.9 Å². The summed E-state index contributed by atoms with van der Waals surface area (Å²) in [5.41, 5.74) is 2.82. The standard InChI is InChI=1S/C23H22BrFN4O3/c1-2-26-23(30)32-21-12-16(25)6-8-20(21)31-10-4-3-9-29-14-28-19-13-27-18-7-5-15(24)11-17(18)22(19)29/h5-8,11-14H,2-4,9-10H2,1H3,(H,26,30). The van der Waals surface area contributed by atoms with Gasteiger partial charge in [0, 0.05) is 29.0 Å². The van der Waals surface area contributed by atoms with Crippen LogP contribution in [0.2, 0.25) is 0 Å². The number of unbranched alkanes of at least 4 members (excludes halogenated alkanes) is 1. The van der Waals surface area contributed by atoms with Gasteiger partial charge in [-0.2, -0.15) is 0 Å². The molecule has 4 aromatic rings. The van der Waals surface area contributed by atoms with E-state index < -0.39 is 11.9 Å². The number of amides is 1. The molecule has 166 valence electrons. The predicted molar refractivity (Wildman–Crippen MR) is 124 cm³/mol. The quantitative estimate of drug-likeness (QED) is 0.325. The molecule has 0 spiro atoms. The first-order valence-corrected chi connectivity index (χ1v) is 11.1. The third-order valence-electron chi connectivity index (χ3n) is 4.89. The van der Waals surface area contributed by atoms with Crippen LogP contribution in [0.25, 0.3) is 21.9 Å². The highest BCUT2D eigenvalue weighted by molar-refractivity contribution is 9.10. The van der Waals surface area contributed by atoms with Crippen molar-refractivity contribution >= 4 is 44.0 Å². The zero-order chi connectivity index (χ0) is 22.5. The van der Waals surface area contributed by atoms with Gasteiger partial charge in [-0.05, 0) is 50.1 Å². The Hall–Kier alpha value is -3.20. The number of rotatable bonds is 8. The number of imidazole rings is 1. The third-order valence-corrected chi connectivity index (χ3v) is 5.38. The second-order valence-corrected chi connectivity index (χ2v) is 8.07. The van der Waals surface area contributed by atoms with E-state index in [1.54, 1.807) is 13.1 Å². The molecule has 4 rings (SSSR count). The number of pyridine rings is 1. The van der Waals surface area contributed by atoms with Gasteiger partial charge in [-0.25, -0.2) is 14.2 Å².